The Morgan fingerprint density at radius 3 is 2.72 bits per heavy atom. The molecule has 18 heavy (non-hydrogen) atoms. The fourth-order valence-electron chi connectivity index (χ4n) is 2.30. The minimum Gasteiger partial charge on any atom is -0.384 e. The molecule has 2 unspecified atom stereocenters. The van der Waals surface area contributed by atoms with Gasteiger partial charge in [0, 0.05) is 12.6 Å². The lowest BCUT2D eigenvalue weighted by Gasteiger charge is -2.24. The number of aromatic nitrogens is 2. The van der Waals surface area contributed by atoms with Gasteiger partial charge in [0.1, 0.15) is 6.10 Å². The molecule has 1 aromatic rings. The summed E-state index contributed by atoms with van der Waals surface area (Å²) >= 11 is 6.15. The third-order valence-electron chi connectivity index (χ3n) is 3.31. The summed E-state index contributed by atoms with van der Waals surface area (Å²) in [5.41, 5.74) is 0.678. The summed E-state index contributed by atoms with van der Waals surface area (Å²) in [5.74, 6) is 0.450. The van der Waals surface area contributed by atoms with E-state index in [1.165, 1.54) is 0 Å². The predicted molar refractivity (Wildman–Crippen MR) is 70.7 cm³/mol. The van der Waals surface area contributed by atoms with Crippen molar-refractivity contribution in [3.63, 3.8) is 0 Å². The fraction of sp³-hybridized carbons (Fsp3) is 0.769. The molecule has 4 nitrogen and oxygen atoms in total. The Morgan fingerprint density at radius 2 is 2.22 bits per heavy atom. The van der Waals surface area contributed by atoms with Crippen molar-refractivity contribution in [1.29, 1.82) is 0 Å². The van der Waals surface area contributed by atoms with E-state index >= 15 is 0 Å². The third-order valence-corrected chi connectivity index (χ3v) is 3.60. The molecule has 5 heteroatoms. The lowest BCUT2D eigenvalue weighted by atomic mass is 10.1. The van der Waals surface area contributed by atoms with E-state index in [1.54, 1.807) is 10.9 Å². The van der Waals surface area contributed by atoms with Crippen LogP contribution >= 0.6 is 11.6 Å². The van der Waals surface area contributed by atoms with Crippen molar-refractivity contribution in [2.75, 3.05) is 6.61 Å². The van der Waals surface area contributed by atoms with E-state index in [0.717, 1.165) is 12.8 Å². The first kappa shape index (κ1) is 13.8. The Kier molecular flexibility index (Phi) is 4.30. The molecule has 0 bridgehead atoms. The van der Waals surface area contributed by atoms with Crippen LogP contribution in [0.25, 0.3) is 0 Å². The summed E-state index contributed by atoms with van der Waals surface area (Å²) in [5, 5.41) is 15.3. The van der Waals surface area contributed by atoms with Gasteiger partial charge in [0.2, 0.25) is 0 Å². The fourth-order valence-corrected chi connectivity index (χ4v) is 2.54. The van der Waals surface area contributed by atoms with Crippen LogP contribution in [0.1, 0.15) is 51.5 Å². The molecule has 1 N–H and O–H groups in total. The van der Waals surface area contributed by atoms with Gasteiger partial charge in [-0.1, -0.05) is 11.6 Å². The lowest BCUT2D eigenvalue weighted by molar-refractivity contribution is -0.0498. The second-order valence-corrected chi connectivity index (χ2v) is 5.53. The van der Waals surface area contributed by atoms with Crippen LogP contribution in [0.5, 0.6) is 0 Å². The van der Waals surface area contributed by atoms with Crippen LogP contribution in [0.3, 0.4) is 0 Å². The van der Waals surface area contributed by atoms with E-state index in [9.17, 15) is 5.11 Å². The molecule has 102 valence electrons. The van der Waals surface area contributed by atoms with Gasteiger partial charge in [-0.05, 0) is 39.5 Å². The molecule has 2 rings (SSSR count). The lowest BCUT2D eigenvalue weighted by Crippen LogP contribution is -2.27. The zero-order chi connectivity index (χ0) is 13.3. The van der Waals surface area contributed by atoms with Gasteiger partial charge in [0.15, 0.2) is 0 Å². The highest BCUT2D eigenvalue weighted by atomic mass is 35.5. The van der Waals surface area contributed by atoms with Crippen molar-refractivity contribution in [2.24, 2.45) is 5.92 Å². The summed E-state index contributed by atoms with van der Waals surface area (Å²) in [6.45, 7) is 6.59. The predicted octanol–water partition coefficient (Wildman–Crippen LogP) is 2.97. The van der Waals surface area contributed by atoms with E-state index in [1.807, 2.05) is 20.8 Å². The Hall–Kier alpha value is -0.580. The van der Waals surface area contributed by atoms with Crippen LogP contribution in [-0.4, -0.2) is 27.6 Å². The molecule has 1 saturated carbocycles. The maximum Gasteiger partial charge on any atom is 0.123 e. The number of hydrogen-bond acceptors (Lipinski definition) is 3. The normalized spacial score (nSPS) is 19.2. The zero-order valence-corrected chi connectivity index (χ0v) is 11.9. The van der Waals surface area contributed by atoms with E-state index in [0.29, 0.717) is 23.2 Å². The van der Waals surface area contributed by atoms with Gasteiger partial charge in [-0.2, -0.15) is 5.10 Å². The molecule has 1 heterocycles. The average molecular weight is 273 g/mol. The highest BCUT2D eigenvalue weighted by Gasteiger charge is 2.39. The summed E-state index contributed by atoms with van der Waals surface area (Å²) < 4.78 is 7.47. The molecule has 0 saturated heterocycles. The number of hydrogen-bond donors (Lipinski definition) is 1. The van der Waals surface area contributed by atoms with E-state index in [4.69, 9.17) is 16.3 Å². The molecule has 0 aliphatic heterocycles. The molecule has 0 amide bonds. The first-order valence-electron chi connectivity index (χ1n) is 6.58. The number of nitrogens with zero attached hydrogens (tertiary/aromatic N) is 2. The van der Waals surface area contributed by atoms with Gasteiger partial charge in [-0.25, -0.2) is 0 Å². The number of aliphatic hydroxyl groups is 1. The Labute approximate surface area is 113 Å². The van der Waals surface area contributed by atoms with Crippen LogP contribution in [0.15, 0.2) is 6.20 Å². The smallest absolute Gasteiger partial charge is 0.123 e. The minimum atomic E-state index is -0.699. The monoisotopic (exact) mass is 272 g/mol. The van der Waals surface area contributed by atoms with Crippen molar-refractivity contribution < 1.29 is 9.84 Å². The summed E-state index contributed by atoms with van der Waals surface area (Å²) in [4.78, 5) is 0. The van der Waals surface area contributed by atoms with Crippen LogP contribution in [0.2, 0.25) is 5.02 Å². The Bertz CT molecular complexity index is 402. The first-order chi connectivity index (χ1) is 8.56. The molecule has 0 aromatic carbocycles. The second kappa shape index (κ2) is 5.59. The number of aliphatic hydroxyl groups excluding tert-OH is 1. The maximum atomic E-state index is 10.6. The van der Waals surface area contributed by atoms with Gasteiger partial charge in [0.05, 0.1) is 23.0 Å². The standard InChI is InChI=1S/C13H21ClN2O2/c1-4-18-13(9-5-6-9)12(17)11-10(14)7-15-16(11)8(2)3/h7-9,12-13,17H,4-6H2,1-3H3. The first-order valence-corrected chi connectivity index (χ1v) is 6.96. The van der Waals surface area contributed by atoms with Gasteiger partial charge in [-0.3, -0.25) is 4.68 Å². The summed E-state index contributed by atoms with van der Waals surface area (Å²) in [6.07, 6.45) is 2.97. The van der Waals surface area contributed by atoms with Crippen LogP contribution in [-0.2, 0) is 4.74 Å². The van der Waals surface area contributed by atoms with Gasteiger partial charge >= 0.3 is 0 Å². The molecule has 1 fully saturated rings. The van der Waals surface area contributed by atoms with Crippen LogP contribution in [0, 0.1) is 5.92 Å². The molecule has 1 aromatic heterocycles. The van der Waals surface area contributed by atoms with Gasteiger partial charge < -0.3 is 9.84 Å². The van der Waals surface area contributed by atoms with E-state index in [-0.39, 0.29) is 12.1 Å². The van der Waals surface area contributed by atoms with Gasteiger partial charge in [-0.15, -0.1) is 0 Å². The number of ether oxygens (including phenoxy) is 1. The molecule has 2 atom stereocenters. The highest BCUT2D eigenvalue weighted by molar-refractivity contribution is 6.31. The Morgan fingerprint density at radius 1 is 1.56 bits per heavy atom. The Balaban J connectivity index is 2.25. The SMILES string of the molecule is CCOC(C1CC1)C(O)c1c(Cl)cnn1C(C)C. The zero-order valence-electron chi connectivity index (χ0n) is 11.1. The molecule has 1 aliphatic rings. The molecular formula is C13H21ClN2O2. The maximum absolute atomic E-state index is 10.6. The molecule has 0 spiro atoms. The number of rotatable bonds is 6. The largest absolute Gasteiger partial charge is 0.384 e. The van der Waals surface area contributed by atoms with Crippen molar-refractivity contribution >= 4 is 11.6 Å². The molecular weight excluding hydrogens is 252 g/mol. The quantitative estimate of drug-likeness (QED) is 0.866. The molecule has 0 radical (unpaired) electrons. The minimum absolute atomic E-state index is 0.165. The van der Waals surface area contributed by atoms with Crippen LogP contribution < -0.4 is 0 Å². The highest BCUT2D eigenvalue weighted by Crippen LogP contribution is 2.41. The average Bonchev–Trinajstić information content (AvgIpc) is 3.07. The van der Waals surface area contributed by atoms with E-state index in [2.05, 4.69) is 5.10 Å². The summed E-state index contributed by atoms with van der Waals surface area (Å²) in [6, 6.07) is 0.170. The van der Waals surface area contributed by atoms with Crippen molar-refractivity contribution in [1.82, 2.24) is 9.78 Å². The van der Waals surface area contributed by atoms with Crippen LogP contribution in [0.4, 0.5) is 0 Å². The van der Waals surface area contributed by atoms with Crippen molar-refractivity contribution in [2.45, 2.75) is 51.9 Å². The summed E-state index contributed by atoms with van der Waals surface area (Å²) in [7, 11) is 0. The molecule has 1 aliphatic carbocycles. The van der Waals surface area contributed by atoms with E-state index < -0.39 is 6.10 Å². The van der Waals surface area contributed by atoms with Crippen molar-refractivity contribution in [3.05, 3.63) is 16.9 Å². The topological polar surface area (TPSA) is 47.3 Å². The third kappa shape index (κ3) is 2.71. The van der Waals surface area contributed by atoms with Gasteiger partial charge in [0.25, 0.3) is 0 Å². The number of halogens is 1. The second-order valence-electron chi connectivity index (χ2n) is 5.12. The van der Waals surface area contributed by atoms with Crippen molar-refractivity contribution in [3.8, 4) is 0 Å².